The number of anilines is 3. The van der Waals surface area contributed by atoms with Crippen LogP contribution in [0.2, 0.25) is 5.02 Å². The number of nitrogens with one attached hydrogen (secondary N) is 2. The fourth-order valence-electron chi connectivity index (χ4n) is 2.39. The lowest BCUT2D eigenvalue weighted by Gasteiger charge is -2.08. The van der Waals surface area contributed by atoms with E-state index in [9.17, 15) is 0 Å². The van der Waals surface area contributed by atoms with Gasteiger partial charge in [-0.15, -0.1) is 5.10 Å². The summed E-state index contributed by atoms with van der Waals surface area (Å²) in [5, 5.41) is 15.1. The lowest BCUT2D eigenvalue weighted by molar-refractivity contribution is 0.843. The summed E-state index contributed by atoms with van der Waals surface area (Å²) in [6.07, 6.45) is 3.60. The van der Waals surface area contributed by atoms with E-state index >= 15 is 0 Å². The van der Waals surface area contributed by atoms with Gasteiger partial charge in [-0.2, -0.15) is 10.1 Å². The zero-order valence-corrected chi connectivity index (χ0v) is 14.8. The van der Waals surface area contributed by atoms with Crippen molar-refractivity contribution in [1.29, 1.82) is 0 Å². The van der Waals surface area contributed by atoms with Crippen LogP contribution in [-0.4, -0.2) is 21.7 Å². The van der Waals surface area contributed by atoms with Crippen molar-refractivity contribution in [2.24, 2.45) is 0 Å². The standard InChI is InChI=1S/C19H20ClN5/c1-14-9-10-16(12-17(14)20)23-18-13-22-25-19(24-18)21-11-5-8-15-6-3-2-4-7-15/h2-4,6-7,9-10,12-13H,5,8,11H2,1H3,(H2,21,23,24,25). The average molecular weight is 354 g/mol. The molecule has 3 aromatic rings. The first-order valence-electron chi connectivity index (χ1n) is 8.21. The minimum atomic E-state index is 0.510. The number of hydrogen-bond acceptors (Lipinski definition) is 5. The van der Waals surface area contributed by atoms with Crippen LogP contribution in [0.5, 0.6) is 0 Å². The molecule has 2 aromatic carbocycles. The molecule has 0 aliphatic heterocycles. The number of aromatic nitrogens is 3. The average Bonchev–Trinajstić information content (AvgIpc) is 2.63. The van der Waals surface area contributed by atoms with E-state index in [1.54, 1.807) is 6.20 Å². The molecule has 0 unspecified atom stereocenters. The van der Waals surface area contributed by atoms with Crippen LogP contribution in [0.3, 0.4) is 0 Å². The van der Waals surface area contributed by atoms with Gasteiger partial charge in [0.25, 0.3) is 0 Å². The number of rotatable bonds is 7. The molecule has 3 rings (SSSR count). The first-order chi connectivity index (χ1) is 12.2. The van der Waals surface area contributed by atoms with Crippen molar-refractivity contribution >= 4 is 29.1 Å². The van der Waals surface area contributed by atoms with Crippen molar-refractivity contribution < 1.29 is 0 Å². The number of aryl methyl sites for hydroxylation is 2. The topological polar surface area (TPSA) is 62.7 Å². The molecule has 0 fully saturated rings. The monoisotopic (exact) mass is 353 g/mol. The summed E-state index contributed by atoms with van der Waals surface area (Å²) in [6, 6.07) is 16.2. The molecule has 0 bridgehead atoms. The molecule has 128 valence electrons. The third kappa shape index (κ3) is 5.16. The van der Waals surface area contributed by atoms with Crippen LogP contribution < -0.4 is 10.6 Å². The Hall–Kier alpha value is -2.66. The predicted molar refractivity (Wildman–Crippen MR) is 103 cm³/mol. The van der Waals surface area contributed by atoms with Gasteiger partial charge in [0, 0.05) is 17.3 Å². The molecule has 1 aromatic heterocycles. The normalized spacial score (nSPS) is 10.5. The van der Waals surface area contributed by atoms with Crippen LogP contribution in [0, 0.1) is 6.92 Å². The fraction of sp³-hybridized carbons (Fsp3) is 0.211. The van der Waals surface area contributed by atoms with Crippen molar-refractivity contribution in [3.63, 3.8) is 0 Å². The molecule has 1 heterocycles. The van der Waals surface area contributed by atoms with Gasteiger partial charge in [0.15, 0.2) is 5.82 Å². The van der Waals surface area contributed by atoms with Crippen LogP contribution in [0.15, 0.2) is 54.7 Å². The largest absolute Gasteiger partial charge is 0.353 e. The minimum Gasteiger partial charge on any atom is -0.353 e. The Balaban J connectivity index is 1.53. The zero-order chi connectivity index (χ0) is 17.5. The van der Waals surface area contributed by atoms with Crippen LogP contribution in [0.1, 0.15) is 17.5 Å². The second-order valence-electron chi connectivity index (χ2n) is 5.77. The number of hydrogen-bond donors (Lipinski definition) is 2. The van der Waals surface area contributed by atoms with E-state index in [1.807, 2.05) is 31.2 Å². The highest BCUT2D eigenvalue weighted by atomic mass is 35.5. The van der Waals surface area contributed by atoms with Gasteiger partial charge in [0.05, 0.1) is 6.20 Å². The van der Waals surface area contributed by atoms with E-state index in [-0.39, 0.29) is 0 Å². The maximum Gasteiger partial charge on any atom is 0.244 e. The van der Waals surface area contributed by atoms with E-state index < -0.39 is 0 Å². The van der Waals surface area contributed by atoms with E-state index in [4.69, 9.17) is 11.6 Å². The Morgan fingerprint density at radius 1 is 1.08 bits per heavy atom. The predicted octanol–water partition coefficient (Wildman–Crippen LogP) is 4.62. The SMILES string of the molecule is Cc1ccc(Nc2cnnc(NCCCc3ccccc3)n2)cc1Cl. The lowest BCUT2D eigenvalue weighted by Crippen LogP contribution is -2.08. The Bertz CT molecular complexity index is 823. The first kappa shape index (κ1) is 17.2. The lowest BCUT2D eigenvalue weighted by atomic mass is 10.1. The molecule has 0 radical (unpaired) electrons. The fourth-order valence-corrected chi connectivity index (χ4v) is 2.58. The summed E-state index contributed by atoms with van der Waals surface area (Å²) in [7, 11) is 0. The molecule has 0 saturated carbocycles. The van der Waals surface area contributed by atoms with Gasteiger partial charge in [0.2, 0.25) is 5.95 Å². The smallest absolute Gasteiger partial charge is 0.244 e. The molecule has 6 heteroatoms. The highest BCUT2D eigenvalue weighted by Gasteiger charge is 2.03. The summed E-state index contributed by atoms with van der Waals surface area (Å²) < 4.78 is 0. The maximum absolute atomic E-state index is 6.15. The van der Waals surface area contributed by atoms with E-state index in [1.165, 1.54) is 5.56 Å². The second kappa shape index (κ2) is 8.44. The van der Waals surface area contributed by atoms with E-state index in [2.05, 4.69) is 50.1 Å². The Labute approximate surface area is 152 Å². The van der Waals surface area contributed by atoms with Crippen LogP contribution in [-0.2, 0) is 6.42 Å². The van der Waals surface area contributed by atoms with Crippen molar-refractivity contribution in [2.75, 3.05) is 17.2 Å². The van der Waals surface area contributed by atoms with Crippen LogP contribution in [0.4, 0.5) is 17.5 Å². The summed E-state index contributed by atoms with van der Waals surface area (Å²) in [5.41, 5.74) is 3.23. The molecular weight excluding hydrogens is 334 g/mol. The highest BCUT2D eigenvalue weighted by Crippen LogP contribution is 2.22. The molecule has 0 aliphatic carbocycles. The van der Waals surface area contributed by atoms with Gasteiger partial charge in [-0.25, -0.2) is 0 Å². The minimum absolute atomic E-state index is 0.510. The molecule has 0 spiro atoms. The van der Waals surface area contributed by atoms with Gasteiger partial charge < -0.3 is 10.6 Å². The van der Waals surface area contributed by atoms with Crippen molar-refractivity contribution in [3.8, 4) is 0 Å². The van der Waals surface area contributed by atoms with Gasteiger partial charge in [-0.1, -0.05) is 48.0 Å². The third-order valence-electron chi connectivity index (χ3n) is 3.77. The quantitative estimate of drug-likeness (QED) is 0.607. The number of halogens is 1. The van der Waals surface area contributed by atoms with Crippen LogP contribution in [0.25, 0.3) is 0 Å². The second-order valence-corrected chi connectivity index (χ2v) is 6.18. The third-order valence-corrected chi connectivity index (χ3v) is 4.18. The molecule has 25 heavy (non-hydrogen) atoms. The first-order valence-corrected chi connectivity index (χ1v) is 8.59. The molecule has 0 saturated heterocycles. The van der Waals surface area contributed by atoms with Crippen molar-refractivity contribution in [2.45, 2.75) is 19.8 Å². The number of nitrogens with zero attached hydrogens (tertiary/aromatic N) is 3. The maximum atomic E-state index is 6.15. The highest BCUT2D eigenvalue weighted by molar-refractivity contribution is 6.31. The van der Waals surface area contributed by atoms with Crippen molar-refractivity contribution in [3.05, 3.63) is 70.9 Å². The van der Waals surface area contributed by atoms with Gasteiger partial charge in [0.1, 0.15) is 0 Å². The Morgan fingerprint density at radius 2 is 1.92 bits per heavy atom. The zero-order valence-electron chi connectivity index (χ0n) is 14.0. The van der Waals surface area contributed by atoms with Gasteiger partial charge in [-0.05, 0) is 43.0 Å². The van der Waals surface area contributed by atoms with Gasteiger partial charge >= 0.3 is 0 Å². The molecule has 0 amide bonds. The Kier molecular flexibility index (Phi) is 5.80. The Morgan fingerprint density at radius 3 is 2.72 bits per heavy atom. The molecule has 2 N–H and O–H groups in total. The van der Waals surface area contributed by atoms with Crippen LogP contribution >= 0.6 is 11.6 Å². The molecule has 0 aliphatic rings. The van der Waals surface area contributed by atoms with E-state index in [0.29, 0.717) is 16.8 Å². The molecule has 5 nitrogen and oxygen atoms in total. The van der Waals surface area contributed by atoms with Gasteiger partial charge in [-0.3, -0.25) is 0 Å². The summed E-state index contributed by atoms with van der Waals surface area (Å²) >= 11 is 6.15. The summed E-state index contributed by atoms with van der Waals surface area (Å²) in [4.78, 5) is 4.43. The molecular formula is C19H20ClN5. The summed E-state index contributed by atoms with van der Waals surface area (Å²) in [5.74, 6) is 1.14. The van der Waals surface area contributed by atoms with E-state index in [0.717, 1.165) is 30.6 Å². The molecule has 0 atom stereocenters. The number of benzene rings is 2. The van der Waals surface area contributed by atoms with Crippen molar-refractivity contribution in [1.82, 2.24) is 15.2 Å². The summed E-state index contributed by atoms with van der Waals surface area (Å²) in [6.45, 7) is 2.76.